The zero-order valence-corrected chi connectivity index (χ0v) is 17.0. The summed E-state index contributed by atoms with van der Waals surface area (Å²) >= 11 is 12.4. The van der Waals surface area contributed by atoms with E-state index in [0.717, 1.165) is 24.2 Å². The molecule has 0 aliphatic carbocycles. The molecule has 142 valence electrons. The molecule has 0 radical (unpaired) electrons. The molecule has 2 aromatic carbocycles. The number of halogens is 2. The van der Waals surface area contributed by atoms with Crippen LogP contribution in [0.25, 0.3) is 0 Å². The lowest BCUT2D eigenvalue weighted by molar-refractivity contribution is 0.284. The molecule has 0 saturated heterocycles. The van der Waals surface area contributed by atoms with Gasteiger partial charge < -0.3 is 14.8 Å². The second kappa shape index (κ2) is 11.3. The zero-order chi connectivity index (χ0) is 18.8. The molecule has 0 unspecified atom stereocenters. The smallest absolute Gasteiger partial charge is 0.180 e. The van der Waals surface area contributed by atoms with Gasteiger partial charge >= 0.3 is 0 Å². The van der Waals surface area contributed by atoms with Gasteiger partial charge in [0.1, 0.15) is 6.61 Å². The summed E-state index contributed by atoms with van der Waals surface area (Å²) in [5.41, 5.74) is 2.06. The van der Waals surface area contributed by atoms with Gasteiger partial charge in [-0.15, -0.1) is 0 Å². The first-order valence-corrected chi connectivity index (χ1v) is 9.84. The molecule has 0 saturated carbocycles. The van der Waals surface area contributed by atoms with Gasteiger partial charge in [-0.1, -0.05) is 61.5 Å². The van der Waals surface area contributed by atoms with Crippen LogP contribution in [0.5, 0.6) is 11.5 Å². The summed E-state index contributed by atoms with van der Waals surface area (Å²) in [6.45, 7) is 4.37. The van der Waals surface area contributed by atoms with Gasteiger partial charge in [0.15, 0.2) is 11.5 Å². The average molecular weight is 396 g/mol. The topological polar surface area (TPSA) is 30.5 Å². The molecule has 2 aromatic rings. The SMILES string of the molecule is CCCCCCNCc1cc(Cl)c(OCc2cccc(Cl)c2)c(OC)c1. The highest BCUT2D eigenvalue weighted by Gasteiger charge is 2.12. The van der Waals surface area contributed by atoms with Crippen LogP contribution in [-0.4, -0.2) is 13.7 Å². The number of rotatable bonds is 11. The zero-order valence-electron chi connectivity index (χ0n) is 15.5. The molecule has 0 bridgehead atoms. The van der Waals surface area contributed by atoms with Gasteiger partial charge in [0, 0.05) is 11.6 Å². The fraction of sp³-hybridized carbons (Fsp3) is 0.429. The van der Waals surface area contributed by atoms with Crippen LogP contribution in [0.15, 0.2) is 36.4 Å². The Hall–Kier alpha value is -1.42. The Bertz CT molecular complexity index is 692. The van der Waals surface area contributed by atoms with Crippen LogP contribution in [0, 0.1) is 0 Å². The maximum Gasteiger partial charge on any atom is 0.180 e. The van der Waals surface area contributed by atoms with E-state index in [1.54, 1.807) is 7.11 Å². The number of benzene rings is 2. The van der Waals surface area contributed by atoms with Crippen molar-refractivity contribution in [3.63, 3.8) is 0 Å². The standard InChI is InChI=1S/C21H27Cl2NO2/c1-3-4-5-6-10-24-14-17-12-19(23)21(20(13-17)25-2)26-15-16-8-7-9-18(22)11-16/h7-9,11-13,24H,3-6,10,14-15H2,1-2H3. The van der Waals surface area contributed by atoms with Crippen molar-refractivity contribution in [1.29, 1.82) is 0 Å². The Kier molecular flexibility index (Phi) is 9.10. The minimum Gasteiger partial charge on any atom is -0.493 e. The molecule has 2 rings (SSSR count). The summed E-state index contributed by atoms with van der Waals surface area (Å²) in [6, 6.07) is 11.5. The number of hydrogen-bond acceptors (Lipinski definition) is 3. The van der Waals surface area contributed by atoms with Crippen LogP contribution in [0.3, 0.4) is 0 Å². The molecule has 0 atom stereocenters. The molecule has 0 aromatic heterocycles. The Balaban J connectivity index is 1.95. The van der Waals surface area contributed by atoms with Crippen molar-refractivity contribution in [3.05, 3.63) is 57.6 Å². The van der Waals surface area contributed by atoms with Crippen molar-refractivity contribution in [2.24, 2.45) is 0 Å². The highest BCUT2D eigenvalue weighted by atomic mass is 35.5. The molecule has 0 aliphatic rings. The average Bonchev–Trinajstić information content (AvgIpc) is 2.63. The molecule has 3 nitrogen and oxygen atoms in total. The molecular formula is C21H27Cl2NO2. The molecule has 26 heavy (non-hydrogen) atoms. The third-order valence-corrected chi connectivity index (χ3v) is 4.61. The molecule has 0 heterocycles. The van der Waals surface area contributed by atoms with Crippen molar-refractivity contribution in [2.75, 3.05) is 13.7 Å². The normalized spacial score (nSPS) is 10.8. The van der Waals surface area contributed by atoms with Gasteiger partial charge in [-0.25, -0.2) is 0 Å². The molecular weight excluding hydrogens is 369 g/mol. The van der Waals surface area contributed by atoms with E-state index < -0.39 is 0 Å². The molecule has 0 fully saturated rings. The maximum absolute atomic E-state index is 6.43. The van der Waals surface area contributed by atoms with E-state index in [9.17, 15) is 0 Å². The van der Waals surface area contributed by atoms with E-state index >= 15 is 0 Å². The molecule has 5 heteroatoms. The van der Waals surface area contributed by atoms with E-state index in [2.05, 4.69) is 12.2 Å². The molecule has 0 amide bonds. The first kappa shape index (κ1) is 20.9. The summed E-state index contributed by atoms with van der Waals surface area (Å²) < 4.78 is 11.4. The van der Waals surface area contributed by atoms with Gasteiger partial charge in [-0.2, -0.15) is 0 Å². The Labute approximate surface area is 166 Å². The molecule has 0 aliphatic heterocycles. The third-order valence-electron chi connectivity index (χ3n) is 4.10. The number of nitrogens with one attached hydrogen (secondary N) is 1. The number of unbranched alkanes of at least 4 members (excludes halogenated alkanes) is 3. The lowest BCUT2D eigenvalue weighted by Gasteiger charge is -2.15. The van der Waals surface area contributed by atoms with Crippen LogP contribution >= 0.6 is 23.2 Å². The predicted molar refractivity (Wildman–Crippen MR) is 110 cm³/mol. The summed E-state index contributed by atoms with van der Waals surface area (Å²) in [6.07, 6.45) is 5.01. The van der Waals surface area contributed by atoms with Gasteiger partial charge in [0.25, 0.3) is 0 Å². The van der Waals surface area contributed by atoms with E-state index in [0.29, 0.717) is 28.2 Å². The Morgan fingerprint density at radius 1 is 1.00 bits per heavy atom. The maximum atomic E-state index is 6.43. The first-order valence-electron chi connectivity index (χ1n) is 9.08. The monoisotopic (exact) mass is 395 g/mol. The lowest BCUT2D eigenvalue weighted by Crippen LogP contribution is -2.14. The second-order valence-electron chi connectivity index (χ2n) is 6.27. The van der Waals surface area contributed by atoms with Crippen LogP contribution in [0.1, 0.15) is 43.7 Å². The van der Waals surface area contributed by atoms with Crippen molar-refractivity contribution < 1.29 is 9.47 Å². The minimum atomic E-state index is 0.381. The lowest BCUT2D eigenvalue weighted by atomic mass is 10.1. The quantitative estimate of drug-likeness (QED) is 0.456. The van der Waals surface area contributed by atoms with E-state index in [-0.39, 0.29) is 0 Å². The summed E-state index contributed by atoms with van der Waals surface area (Å²) in [4.78, 5) is 0. The Morgan fingerprint density at radius 3 is 2.58 bits per heavy atom. The van der Waals surface area contributed by atoms with Crippen molar-refractivity contribution in [3.8, 4) is 11.5 Å². The molecule has 0 spiro atoms. The summed E-state index contributed by atoms with van der Waals surface area (Å²) in [7, 11) is 1.62. The highest BCUT2D eigenvalue weighted by molar-refractivity contribution is 6.32. The first-order chi connectivity index (χ1) is 12.6. The fourth-order valence-corrected chi connectivity index (χ4v) is 3.21. The summed E-state index contributed by atoms with van der Waals surface area (Å²) in [5, 5.41) is 4.69. The fourth-order valence-electron chi connectivity index (χ4n) is 2.71. The van der Waals surface area contributed by atoms with Crippen LogP contribution in [-0.2, 0) is 13.2 Å². The second-order valence-corrected chi connectivity index (χ2v) is 7.11. The number of ether oxygens (including phenoxy) is 2. The minimum absolute atomic E-state index is 0.381. The number of methoxy groups -OCH3 is 1. The van der Waals surface area contributed by atoms with E-state index in [1.165, 1.54) is 25.7 Å². The van der Waals surface area contributed by atoms with Crippen molar-refractivity contribution >= 4 is 23.2 Å². The van der Waals surface area contributed by atoms with Crippen molar-refractivity contribution in [1.82, 2.24) is 5.32 Å². The van der Waals surface area contributed by atoms with Crippen LogP contribution in [0.4, 0.5) is 0 Å². The van der Waals surface area contributed by atoms with Gasteiger partial charge in [-0.3, -0.25) is 0 Å². The largest absolute Gasteiger partial charge is 0.493 e. The van der Waals surface area contributed by atoms with Crippen LogP contribution < -0.4 is 14.8 Å². The predicted octanol–water partition coefficient (Wildman–Crippen LogP) is 6.25. The highest BCUT2D eigenvalue weighted by Crippen LogP contribution is 2.37. The summed E-state index contributed by atoms with van der Waals surface area (Å²) in [5.74, 6) is 1.20. The number of hydrogen-bond donors (Lipinski definition) is 1. The Morgan fingerprint density at radius 2 is 1.85 bits per heavy atom. The van der Waals surface area contributed by atoms with E-state index in [1.807, 2.05) is 36.4 Å². The third kappa shape index (κ3) is 6.71. The van der Waals surface area contributed by atoms with Gasteiger partial charge in [0.05, 0.1) is 12.1 Å². The van der Waals surface area contributed by atoms with Gasteiger partial charge in [-0.05, 0) is 48.4 Å². The molecule has 1 N–H and O–H groups in total. The van der Waals surface area contributed by atoms with Crippen LogP contribution in [0.2, 0.25) is 10.0 Å². The van der Waals surface area contributed by atoms with E-state index in [4.69, 9.17) is 32.7 Å². The van der Waals surface area contributed by atoms with Gasteiger partial charge in [0.2, 0.25) is 0 Å². The van der Waals surface area contributed by atoms with Crippen molar-refractivity contribution in [2.45, 2.75) is 45.8 Å².